The van der Waals surface area contributed by atoms with Gasteiger partial charge in [0.25, 0.3) is 0 Å². The Morgan fingerprint density at radius 1 is 1.25 bits per heavy atom. The number of hydrogen-bond donors (Lipinski definition) is 1. The van der Waals surface area contributed by atoms with E-state index in [1.807, 2.05) is 29.9 Å². The van der Waals surface area contributed by atoms with Crippen molar-refractivity contribution >= 4 is 22.4 Å². The lowest BCUT2D eigenvalue weighted by Gasteiger charge is -2.31. The number of thiazole rings is 1. The number of anilines is 1. The van der Waals surface area contributed by atoms with Gasteiger partial charge in [-0.2, -0.15) is 0 Å². The summed E-state index contributed by atoms with van der Waals surface area (Å²) in [7, 11) is 0. The quantitative estimate of drug-likeness (QED) is 0.715. The highest BCUT2D eigenvalue weighted by Crippen LogP contribution is 2.28. The van der Waals surface area contributed by atoms with Crippen LogP contribution in [0.3, 0.4) is 0 Å². The number of nitrogens with one attached hydrogen (secondary N) is 1. The summed E-state index contributed by atoms with van der Waals surface area (Å²) in [5, 5.41) is 5.36. The normalized spacial score (nSPS) is 15.5. The van der Waals surface area contributed by atoms with Crippen LogP contribution in [0, 0.1) is 6.92 Å². The van der Waals surface area contributed by atoms with Gasteiger partial charge in [-0.05, 0) is 38.4 Å². The van der Waals surface area contributed by atoms with E-state index in [-0.39, 0.29) is 5.91 Å². The van der Waals surface area contributed by atoms with E-state index in [4.69, 9.17) is 4.98 Å². The molecule has 0 atom stereocenters. The molecule has 7 heteroatoms. The van der Waals surface area contributed by atoms with Crippen LogP contribution in [-0.2, 0) is 4.79 Å². The highest BCUT2D eigenvalue weighted by atomic mass is 32.1. The van der Waals surface area contributed by atoms with Gasteiger partial charge in [-0.15, -0.1) is 11.3 Å². The maximum atomic E-state index is 12.2. The Bertz CT molecular complexity index is 935. The number of rotatable bonds is 5. The summed E-state index contributed by atoms with van der Waals surface area (Å²) >= 11 is 1.43. The highest BCUT2D eigenvalue weighted by Gasteiger charge is 2.23. The van der Waals surface area contributed by atoms with Gasteiger partial charge in [0.1, 0.15) is 0 Å². The van der Waals surface area contributed by atoms with Crippen LogP contribution in [0.2, 0.25) is 0 Å². The molecule has 0 aliphatic carbocycles. The van der Waals surface area contributed by atoms with Gasteiger partial charge in [-0.3, -0.25) is 14.7 Å². The molecule has 144 valence electrons. The zero-order chi connectivity index (χ0) is 19.3. The van der Waals surface area contributed by atoms with Crippen LogP contribution < -0.4 is 5.32 Å². The molecule has 1 aromatic carbocycles. The monoisotopic (exact) mass is 393 g/mol. The molecule has 1 amide bonds. The number of carbonyl (C=O) groups excluding carboxylic acids is 1. The van der Waals surface area contributed by atoms with E-state index in [0.29, 0.717) is 17.6 Å². The van der Waals surface area contributed by atoms with Crippen LogP contribution in [-0.4, -0.2) is 45.4 Å². The Kier molecular flexibility index (Phi) is 5.73. The minimum Gasteiger partial charge on any atom is -0.301 e. The molecule has 1 saturated heterocycles. The van der Waals surface area contributed by atoms with Crippen molar-refractivity contribution in [3.8, 4) is 11.3 Å². The molecule has 4 rings (SSSR count). The lowest BCUT2D eigenvalue weighted by Crippen LogP contribution is -2.38. The van der Waals surface area contributed by atoms with Gasteiger partial charge in [-0.1, -0.05) is 24.3 Å². The second-order valence-corrected chi connectivity index (χ2v) is 7.97. The molecule has 6 nitrogen and oxygen atoms in total. The number of carbonyl (C=O) groups is 1. The molecule has 2 aromatic heterocycles. The third kappa shape index (κ3) is 4.43. The lowest BCUT2D eigenvalue weighted by molar-refractivity contribution is -0.117. The molecule has 3 aromatic rings. The zero-order valence-corrected chi connectivity index (χ0v) is 16.7. The SMILES string of the molecule is Cc1ccccc1-c1cncc(C2CCN(CC(=O)Nc3nccs3)CC2)n1. The first-order valence-corrected chi connectivity index (χ1v) is 10.4. The van der Waals surface area contributed by atoms with Crippen LogP contribution in [0.4, 0.5) is 5.13 Å². The Hall–Kier alpha value is -2.64. The van der Waals surface area contributed by atoms with Crippen LogP contribution in [0.25, 0.3) is 11.3 Å². The molecular weight excluding hydrogens is 370 g/mol. The predicted octanol–water partition coefficient (Wildman–Crippen LogP) is 3.73. The van der Waals surface area contributed by atoms with Gasteiger partial charge >= 0.3 is 0 Å². The highest BCUT2D eigenvalue weighted by molar-refractivity contribution is 7.13. The van der Waals surface area contributed by atoms with E-state index in [9.17, 15) is 4.79 Å². The molecule has 0 spiro atoms. The Morgan fingerprint density at radius 3 is 2.82 bits per heavy atom. The van der Waals surface area contributed by atoms with Gasteiger partial charge in [0.2, 0.25) is 5.91 Å². The van der Waals surface area contributed by atoms with E-state index in [1.165, 1.54) is 16.9 Å². The first kappa shape index (κ1) is 18.7. The maximum Gasteiger partial charge on any atom is 0.240 e. The largest absolute Gasteiger partial charge is 0.301 e. The van der Waals surface area contributed by atoms with Crippen LogP contribution in [0.1, 0.15) is 30.0 Å². The van der Waals surface area contributed by atoms with Crippen LogP contribution in [0.15, 0.2) is 48.2 Å². The molecule has 1 N–H and O–H groups in total. The fourth-order valence-electron chi connectivity index (χ4n) is 3.60. The number of amides is 1. The van der Waals surface area contributed by atoms with Crippen molar-refractivity contribution in [2.24, 2.45) is 0 Å². The van der Waals surface area contributed by atoms with Gasteiger partial charge in [0.05, 0.1) is 24.1 Å². The summed E-state index contributed by atoms with van der Waals surface area (Å²) in [5.74, 6) is 0.379. The van der Waals surface area contributed by atoms with Gasteiger partial charge in [0, 0.05) is 29.3 Å². The average molecular weight is 394 g/mol. The molecule has 1 aliphatic heterocycles. The first-order chi connectivity index (χ1) is 13.7. The number of piperidine rings is 1. The van der Waals surface area contributed by atoms with E-state index in [0.717, 1.165) is 42.9 Å². The summed E-state index contributed by atoms with van der Waals surface area (Å²) in [6.45, 7) is 4.26. The summed E-state index contributed by atoms with van der Waals surface area (Å²) in [6, 6.07) is 8.26. The molecular formula is C21H23N5OS. The number of aromatic nitrogens is 3. The smallest absolute Gasteiger partial charge is 0.240 e. The lowest BCUT2D eigenvalue weighted by atomic mass is 9.93. The molecule has 1 aliphatic rings. The summed E-state index contributed by atoms with van der Waals surface area (Å²) in [6.07, 6.45) is 7.38. The van der Waals surface area contributed by atoms with E-state index in [2.05, 4.69) is 39.2 Å². The molecule has 3 heterocycles. The van der Waals surface area contributed by atoms with E-state index in [1.54, 1.807) is 6.20 Å². The standard InChI is InChI=1S/C21H23N5OS/c1-15-4-2-3-5-17(15)19-13-22-12-18(24-19)16-6-9-26(10-7-16)14-20(27)25-21-23-8-11-28-21/h2-5,8,11-13,16H,6-7,9-10,14H2,1H3,(H,23,25,27). The number of aryl methyl sites for hydroxylation is 1. The van der Waals surface area contributed by atoms with Gasteiger partial charge < -0.3 is 5.32 Å². The van der Waals surface area contributed by atoms with Gasteiger partial charge in [0.15, 0.2) is 5.13 Å². The summed E-state index contributed by atoms with van der Waals surface area (Å²) in [4.78, 5) is 27.8. The number of benzene rings is 1. The maximum absolute atomic E-state index is 12.2. The van der Waals surface area contributed by atoms with Crippen LogP contribution in [0.5, 0.6) is 0 Å². The third-order valence-electron chi connectivity index (χ3n) is 5.13. The minimum atomic E-state index is -0.00487. The Morgan fingerprint density at radius 2 is 2.07 bits per heavy atom. The van der Waals surface area contributed by atoms with Crippen molar-refractivity contribution in [1.82, 2.24) is 19.9 Å². The Balaban J connectivity index is 1.36. The van der Waals surface area contributed by atoms with Gasteiger partial charge in [-0.25, -0.2) is 9.97 Å². The molecule has 0 saturated carbocycles. The molecule has 0 unspecified atom stereocenters. The second kappa shape index (κ2) is 8.58. The van der Waals surface area contributed by atoms with Crippen LogP contribution >= 0.6 is 11.3 Å². The van der Waals surface area contributed by atoms with E-state index >= 15 is 0 Å². The second-order valence-electron chi connectivity index (χ2n) is 7.08. The van der Waals surface area contributed by atoms with Crippen molar-refractivity contribution in [3.63, 3.8) is 0 Å². The predicted molar refractivity (Wildman–Crippen MR) is 111 cm³/mol. The summed E-state index contributed by atoms with van der Waals surface area (Å²) in [5.41, 5.74) is 4.32. The minimum absolute atomic E-state index is 0.00487. The van der Waals surface area contributed by atoms with Crippen molar-refractivity contribution in [2.75, 3.05) is 25.0 Å². The molecule has 1 fully saturated rings. The van der Waals surface area contributed by atoms with Crippen molar-refractivity contribution < 1.29 is 4.79 Å². The van der Waals surface area contributed by atoms with Crippen molar-refractivity contribution in [3.05, 3.63) is 59.5 Å². The number of nitrogens with zero attached hydrogens (tertiary/aromatic N) is 4. The average Bonchev–Trinajstić information content (AvgIpc) is 3.22. The fourth-order valence-corrected chi connectivity index (χ4v) is 4.15. The molecule has 0 bridgehead atoms. The first-order valence-electron chi connectivity index (χ1n) is 9.48. The number of hydrogen-bond acceptors (Lipinski definition) is 6. The fraction of sp³-hybridized carbons (Fsp3) is 0.333. The van der Waals surface area contributed by atoms with Crippen molar-refractivity contribution in [2.45, 2.75) is 25.7 Å². The van der Waals surface area contributed by atoms with E-state index < -0.39 is 0 Å². The molecule has 0 radical (unpaired) electrons. The zero-order valence-electron chi connectivity index (χ0n) is 15.8. The topological polar surface area (TPSA) is 71.0 Å². The third-order valence-corrected chi connectivity index (χ3v) is 5.81. The van der Waals surface area contributed by atoms with Crippen molar-refractivity contribution in [1.29, 1.82) is 0 Å². The molecule has 28 heavy (non-hydrogen) atoms. The summed E-state index contributed by atoms with van der Waals surface area (Å²) < 4.78 is 0. The number of likely N-dealkylation sites (tertiary alicyclic amines) is 1. The Labute approximate surface area is 168 Å².